The molecule has 3 aromatic rings. The quantitative estimate of drug-likeness (QED) is 0.456. The second-order valence-electron chi connectivity index (χ2n) is 7.81. The van der Waals surface area contributed by atoms with E-state index in [9.17, 15) is 18.5 Å². The van der Waals surface area contributed by atoms with Crippen molar-refractivity contribution in [3.63, 3.8) is 0 Å². The molecule has 0 bridgehead atoms. The highest BCUT2D eigenvalue weighted by Gasteiger charge is 2.31. The Bertz CT molecular complexity index is 1210. The van der Waals surface area contributed by atoms with Gasteiger partial charge in [-0.25, -0.2) is 13.4 Å². The number of nitro groups is 1. The molecule has 1 saturated heterocycles. The minimum absolute atomic E-state index is 0.0200. The van der Waals surface area contributed by atoms with Crippen LogP contribution >= 0.6 is 0 Å². The van der Waals surface area contributed by atoms with Gasteiger partial charge in [0.15, 0.2) is 0 Å². The van der Waals surface area contributed by atoms with E-state index in [0.717, 1.165) is 42.3 Å². The summed E-state index contributed by atoms with van der Waals surface area (Å²) < 4.78 is 29.9. The van der Waals surface area contributed by atoms with Gasteiger partial charge < -0.3 is 4.57 Å². The molecule has 1 fully saturated rings. The van der Waals surface area contributed by atoms with Crippen LogP contribution in [-0.4, -0.2) is 40.3 Å². The van der Waals surface area contributed by atoms with Crippen molar-refractivity contribution in [2.45, 2.75) is 38.1 Å². The van der Waals surface area contributed by atoms with Crippen LogP contribution in [0.15, 0.2) is 47.4 Å². The zero-order valence-electron chi connectivity index (χ0n) is 17.0. The van der Waals surface area contributed by atoms with Crippen LogP contribution in [0.1, 0.15) is 24.2 Å². The van der Waals surface area contributed by atoms with E-state index in [1.165, 1.54) is 16.4 Å². The third-order valence-corrected chi connectivity index (χ3v) is 7.90. The Balaban J connectivity index is 1.50. The number of sulfonamides is 1. The van der Waals surface area contributed by atoms with Crippen molar-refractivity contribution in [2.75, 3.05) is 13.1 Å². The number of aryl methyl sites for hydroxylation is 2. The number of nitro benzene ring substituents is 1. The molecule has 0 spiro atoms. The van der Waals surface area contributed by atoms with Gasteiger partial charge in [0.25, 0.3) is 5.69 Å². The Morgan fingerprint density at radius 2 is 1.83 bits per heavy atom. The van der Waals surface area contributed by atoms with E-state index in [2.05, 4.69) is 15.6 Å². The average Bonchev–Trinajstić information content (AvgIpc) is 3.03. The summed E-state index contributed by atoms with van der Waals surface area (Å²) in [6.07, 6.45) is 1.47. The summed E-state index contributed by atoms with van der Waals surface area (Å²) in [6, 6.07) is 12.0. The summed E-state index contributed by atoms with van der Waals surface area (Å²) in [6.45, 7) is 5.26. The molecule has 2 aromatic carbocycles. The lowest BCUT2D eigenvalue weighted by Gasteiger charge is -2.32. The van der Waals surface area contributed by atoms with E-state index in [4.69, 9.17) is 0 Å². The molecule has 9 heteroatoms. The summed E-state index contributed by atoms with van der Waals surface area (Å²) in [5.41, 5.74) is 2.37. The van der Waals surface area contributed by atoms with Gasteiger partial charge in [-0.1, -0.05) is 18.2 Å². The van der Waals surface area contributed by atoms with Crippen molar-refractivity contribution in [3.8, 4) is 0 Å². The Morgan fingerprint density at radius 1 is 1.13 bits per heavy atom. The molecule has 0 atom stereocenters. The SMILES string of the molecule is Cc1ccc([N+](=O)[O-])cc1S(=O)(=O)N1CCC(Cn2c(C)nc3ccccc32)CC1. The number of benzene rings is 2. The Morgan fingerprint density at radius 3 is 2.53 bits per heavy atom. The number of para-hydroxylation sites is 2. The van der Waals surface area contributed by atoms with Crippen LogP contribution in [0.3, 0.4) is 0 Å². The molecule has 4 rings (SSSR count). The Hall–Kier alpha value is -2.78. The van der Waals surface area contributed by atoms with Crippen molar-refractivity contribution in [2.24, 2.45) is 5.92 Å². The Kier molecular flexibility index (Phi) is 5.33. The maximum Gasteiger partial charge on any atom is 0.270 e. The first-order chi connectivity index (χ1) is 14.3. The van der Waals surface area contributed by atoms with Crippen molar-refractivity contribution in [3.05, 3.63) is 64.0 Å². The van der Waals surface area contributed by atoms with E-state index >= 15 is 0 Å². The monoisotopic (exact) mass is 428 g/mol. The van der Waals surface area contributed by atoms with Crippen LogP contribution in [0.2, 0.25) is 0 Å². The van der Waals surface area contributed by atoms with E-state index in [-0.39, 0.29) is 10.6 Å². The third kappa shape index (κ3) is 3.70. The number of hydrogen-bond donors (Lipinski definition) is 0. The van der Waals surface area contributed by atoms with Gasteiger partial charge in [0, 0.05) is 31.8 Å². The summed E-state index contributed by atoms with van der Waals surface area (Å²) in [5, 5.41) is 11.1. The zero-order valence-corrected chi connectivity index (χ0v) is 17.8. The summed E-state index contributed by atoms with van der Waals surface area (Å²) >= 11 is 0. The molecular formula is C21H24N4O4S. The number of hydrogen-bond acceptors (Lipinski definition) is 5. The molecule has 0 N–H and O–H groups in total. The molecule has 30 heavy (non-hydrogen) atoms. The molecule has 2 heterocycles. The van der Waals surface area contributed by atoms with Gasteiger partial charge in [-0.15, -0.1) is 0 Å². The fourth-order valence-corrected chi connectivity index (χ4v) is 5.85. The Labute approximate surface area is 175 Å². The molecule has 1 aliphatic heterocycles. The van der Waals surface area contributed by atoms with Gasteiger partial charge >= 0.3 is 0 Å². The largest absolute Gasteiger partial charge is 0.328 e. The van der Waals surface area contributed by atoms with Crippen LogP contribution in [0.25, 0.3) is 11.0 Å². The zero-order chi connectivity index (χ0) is 21.5. The van der Waals surface area contributed by atoms with Crippen molar-refractivity contribution < 1.29 is 13.3 Å². The van der Waals surface area contributed by atoms with Crippen LogP contribution in [0.5, 0.6) is 0 Å². The lowest BCUT2D eigenvalue weighted by molar-refractivity contribution is -0.385. The van der Waals surface area contributed by atoms with E-state index in [1.54, 1.807) is 6.92 Å². The smallest absolute Gasteiger partial charge is 0.270 e. The van der Waals surface area contributed by atoms with Gasteiger partial charge in [0.2, 0.25) is 10.0 Å². The van der Waals surface area contributed by atoms with Crippen molar-refractivity contribution in [1.82, 2.24) is 13.9 Å². The highest BCUT2D eigenvalue weighted by atomic mass is 32.2. The summed E-state index contributed by atoms with van der Waals surface area (Å²) in [7, 11) is -3.77. The number of rotatable bonds is 5. The van der Waals surface area contributed by atoms with Crippen LogP contribution in [0.4, 0.5) is 5.69 Å². The normalized spacial score (nSPS) is 16.2. The van der Waals surface area contributed by atoms with Crippen molar-refractivity contribution in [1.29, 1.82) is 0 Å². The van der Waals surface area contributed by atoms with Gasteiger partial charge in [0.1, 0.15) is 5.82 Å². The number of imidazole rings is 1. The minimum atomic E-state index is -3.77. The average molecular weight is 429 g/mol. The van der Waals surface area contributed by atoms with Crippen LogP contribution in [-0.2, 0) is 16.6 Å². The predicted octanol–water partition coefficient (Wildman–Crippen LogP) is 3.66. The van der Waals surface area contributed by atoms with Crippen LogP contribution < -0.4 is 0 Å². The lowest BCUT2D eigenvalue weighted by atomic mass is 9.98. The fourth-order valence-electron chi connectivity index (χ4n) is 4.14. The predicted molar refractivity (Wildman–Crippen MR) is 114 cm³/mol. The van der Waals surface area contributed by atoms with Gasteiger partial charge in [0.05, 0.1) is 20.9 Å². The molecular weight excluding hydrogens is 404 g/mol. The van der Waals surface area contributed by atoms with Crippen LogP contribution in [0, 0.1) is 29.9 Å². The molecule has 0 radical (unpaired) electrons. The summed E-state index contributed by atoms with van der Waals surface area (Å²) in [5.74, 6) is 1.30. The highest BCUT2D eigenvalue weighted by Crippen LogP contribution is 2.29. The van der Waals surface area contributed by atoms with Gasteiger partial charge in [-0.05, 0) is 50.3 Å². The number of piperidine rings is 1. The first-order valence-corrected chi connectivity index (χ1v) is 11.4. The van der Waals surface area contributed by atoms with Gasteiger partial charge in [-0.3, -0.25) is 10.1 Å². The van der Waals surface area contributed by atoms with Crippen molar-refractivity contribution >= 4 is 26.7 Å². The maximum atomic E-state index is 13.1. The molecule has 1 aliphatic rings. The second-order valence-corrected chi connectivity index (χ2v) is 9.72. The molecule has 158 valence electrons. The molecule has 8 nitrogen and oxygen atoms in total. The minimum Gasteiger partial charge on any atom is -0.328 e. The second kappa shape index (κ2) is 7.81. The first kappa shape index (κ1) is 20.5. The first-order valence-electron chi connectivity index (χ1n) is 9.94. The topological polar surface area (TPSA) is 98.3 Å². The molecule has 1 aromatic heterocycles. The fraction of sp³-hybridized carbons (Fsp3) is 0.381. The maximum absolute atomic E-state index is 13.1. The lowest BCUT2D eigenvalue weighted by Crippen LogP contribution is -2.39. The molecule has 0 aliphatic carbocycles. The molecule has 0 unspecified atom stereocenters. The molecule has 0 saturated carbocycles. The van der Waals surface area contributed by atoms with E-state index in [0.29, 0.717) is 24.6 Å². The summed E-state index contributed by atoms with van der Waals surface area (Å²) in [4.78, 5) is 15.1. The number of non-ortho nitro benzene ring substituents is 1. The van der Waals surface area contributed by atoms with E-state index < -0.39 is 14.9 Å². The molecule has 0 amide bonds. The highest BCUT2D eigenvalue weighted by molar-refractivity contribution is 7.89. The number of fused-ring (bicyclic) bond motifs is 1. The third-order valence-electron chi connectivity index (χ3n) is 5.86. The number of aromatic nitrogens is 2. The van der Waals surface area contributed by atoms with Gasteiger partial charge in [-0.2, -0.15) is 4.31 Å². The number of nitrogens with zero attached hydrogens (tertiary/aromatic N) is 4. The standard InChI is InChI=1S/C21H24N4O4S/c1-15-7-8-18(25(26)27)13-21(15)30(28,29)23-11-9-17(10-12-23)14-24-16(2)22-19-5-3-4-6-20(19)24/h3-8,13,17H,9-12,14H2,1-2H3. The van der Waals surface area contributed by atoms with E-state index in [1.807, 2.05) is 25.1 Å².